The molecule has 0 amide bonds. The van der Waals surface area contributed by atoms with Crippen molar-refractivity contribution in [2.75, 3.05) is 7.11 Å². The van der Waals surface area contributed by atoms with Crippen LogP contribution in [-0.2, 0) is 6.42 Å². The number of Topliss-reactive ketones (excluding diaryl/α,β-unsaturated/α-hetero) is 1. The quantitative estimate of drug-likeness (QED) is 0.478. The van der Waals surface area contributed by atoms with Crippen molar-refractivity contribution in [1.29, 1.82) is 0 Å². The molecule has 8 heteroatoms. The number of hydrogen-bond acceptors (Lipinski definition) is 6. The number of fused-ring (bicyclic) bond motifs is 1. The van der Waals surface area contributed by atoms with Crippen LogP contribution in [0.25, 0.3) is 5.65 Å². The lowest BCUT2D eigenvalue weighted by Gasteiger charge is -2.10. The largest absolute Gasteiger partial charge is 0.495 e. The van der Waals surface area contributed by atoms with E-state index in [-0.39, 0.29) is 12.2 Å². The summed E-state index contributed by atoms with van der Waals surface area (Å²) in [5, 5.41) is 0. The molecule has 0 N–H and O–H groups in total. The van der Waals surface area contributed by atoms with Gasteiger partial charge >= 0.3 is 0 Å². The number of ether oxygens (including phenoxy) is 2. The molecule has 0 saturated heterocycles. The molecule has 4 heterocycles. The maximum atomic E-state index is 13.0. The van der Waals surface area contributed by atoms with Crippen LogP contribution in [0.3, 0.4) is 0 Å². The third-order valence-electron chi connectivity index (χ3n) is 4.05. The molecule has 140 valence electrons. The number of rotatable bonds is 6. The Hall–Kier alpha value is -3.81. The zero-order valence-electron chi connectivity index (χ0n) is 14.9. The number of carbonyl (C=O) groups excluding carboxylic acids is 1. The highest BCUT2D eigenvalue weighted by atomic mass is 19.1. The Morgan fingerprint density at radius 2 is 1.96 bits per heavy atom. The summed E-state index contributed by atoms with van der Waals surface area (Å²) in [7, 11) is 1.54. The average Bonchev–Trinajstić information content (AvgIpc) is 3.18. The van der Waals surface area contributed by atoms with E-state index in [4.69, 9.17) is 9.47 Å². The molecule has 0 radical (unpaired) electrons. The first-order chi connectivity index (χ1) is 13.6. The van der Waals surface area contributed by atoms with E-state index in [1.807, 2.05) is 0 Å². The van der Waals surface area contributed by atoms with Crippen LogP contribution in [0.4, 0.5) is 4.39 Å². The van der Waals surface area contributed by atoms with Crippen molar-refractivity contribution >= 4 is 11.4 Å². The summed E-state index contributed by atoms with van der Waals surface area (Å²) in [5.74, 6) is 0.812. The zero-order valence-corrected chi connectivity index (χ0v) is 14.9. The van der Waals surface area contributed by atoms with Gasteiger partial charge in [-0.05, 0) is 18.2 Å². The average molecular weight is 378 g/mol. The Morgan fingerprint density at radius 3 is 2.75 bits per heavy atom. The normalized spacial score (nSPS) is 10.8. The number of pyridine rings is 3. The first kappa shape index (κ1) is 17.6. The Kier molecular flexibility index (Phi) is 4.67. The van der Waals surface area contributed by atoms with Crippen LogP contribution in [0.5, 0.6) is 17.2 Å². The van der Waals surface area contributed by atoms with E-state index in [0.29, 0.717) is 34.2 Å². The molecule has 28 heavy (non-hydrogen) atoms. The fraction of sp³-hybridized carbons (Fsp3) is 0.100. The lowest BCUT2D eigenvalue weighted by molar-refractivity contribution is 0.0992. The van der Waals surface area contributed by atoms with Crippen molar-refractivity contribution in [2.24, 2.45) is 0 Å². The third kappa shape index (κ3) is 3.66. The molecule has 0 atom stereocenters. The molecule has 0 bridgehead atoms. The maximum Gasteiger partial charge on any atom is 0.172 e. The van der Waals surface area contributed by atoms with Crippen molar-refractivity contribution in [1.82, 2.24) is 19.4 Å². The molecule has 7 nitrogen and oxygen atoms in total. The first-order valence-electron chi connectivity index (χ1n) is 8.39. The molecule has 0 aliphatic carbocycles. The molecular weight excluding hydrogens is 363 g/mol. The second-order valence-electron chi connectivity index (χ2n) is 5.98. The highest BCUT2D eigenvalue weighted by Crippen LogP contribution is 2.26. The summed E-state index contributed by atoms with van der Waals surface area (Å²) in [6, 6.07) is 6.07. The van der Waals surface area contributed by atoms with Gasteiger partial charge < -0.3 is 13.9 Å². The van der Waals surface area contributed by atoms with E-state index in [9.17, 15) is 9.18 Å². The van der Waals surface area contributed by atoms with Gasteiger partial charge in [-0.25, -0.2) is 9.37 Å². The number of methoxy groups -OCH3 is 1. The standard InChI is InChI=1S/C20H15FN4O3/c1-27-15-7-16(11-22-10-15)28-17-8-18(20-23-4-5-25(20)12-17)19(26)6-14-3-2-13(21)9-24-14/h2-5,7-12H,6H2,1H3. The predicted octanol–water partition coefficient (Wildman–Crippen LogP) is 3.49. The molecule has 0 aromatic carbocycles. The lowest BCUT2D eigenvalue weighted by atomic mass is 10.1. The van der Waals surface area contributed by atoms with Gasteiger partial charge in [0, 0.05) is 24.2 Å². The number of hydrogen-bond donors (Lipinski definition) is 0. The van der Waals surface area contributed by atoms with Gasteiger partial charge in [-0.2, -0.15) is 0 Å². The molecular formula is C20H15FN4O3. The minimum Gasteiger partial charge on any atom is -0.495 e. The van der Waals surface area contributed by atoms with Crippen LogP contribution < -0.4 is 9.47 Å². The Labute approximate surface area is 159 Å². The van der Waals surface area contributed by atoms with E-state index in [0.717, 1.165) is 6.20 Å². The van der Waals surface area contributed by atoms with Gasteiger partial charge in [0.1, 0.15) is 28.7 Å². The summed E-state index contributed by atoms with van der Waals surface area (Å²) < 4.78 is 25.7. The first-order valence-corrected chi connectivity index (χ1v) is 8.39. The van der Waals surface area contributed by atoms with Gasteiger partial charge in [-0.3, -0.25) is 14.8 Å². The summed E-state index contributed by atoms with van der Waals surface area (Å²) >= 11 is 0. The predicted molar refractivity (Wildman–Crippen MR) is 98.3 cm³/mol. The molecule has 0 unspecified atom stereocenters. The highest BCUT2D eigenvalue weighted by molar-refractivity contribution is 6.02. The molecule has 0 fully saturated rings. The Bertz CT molecular complexity index is 1140. The highest BCUT2D eigenvalue weighted by Gasteiger charge is 2.16. The topological polar surface area (TPSA) is 78.6 Å². The van der Waals surface area contributed by atoms with Crippen molar-refractivity contribution in [3.63, 3.8) is 0 Å². The SMILES string of the molecule is COc1cncc(Oc2cc(C(=O)Cc3ccc(F)cn3)c3nccn3c2)c1. The van der Waals surface area contributed by atoms with Gasteiger partial charge in [0.05, 0.1) is 43.9 Å². The number of halogens is 1. The van der Waals surface area contributed by atoms with Crippen molar-refractivity contribution < 1.29 is 18.7 Å². The molecule has 0 saturated carbocycles. The van der Waals surface area contributed by atoms with Crippen molar-refractivity contribution in [2.45, 2.75) is 6.42 Å². The monoisotopic (exact) mass is 378 g/mol. The maximum absolute atomic E-state index is 13.0. The Morgan fingerprint density at radius 1 is 1.11 bits per heavy atom. The second kappa shape index (κ2) is 7.43. The number of nitrogens with zero attached hydrogens (tertiary/aromatic N) is 4. The molecule has 0 aliphatic rings. The summed E-state index contributed by atoms with van der Waals surface area (Å²) in [6.07, 6.45) is 9.25. The van der Waals surface area contributed by atoms with Gasteiger partial charge in [0.15, 0.2) is 5.78 Å². The fourth-order valence-corrected chi connectivity index (χ4v) is 2.74. The molecule has 4 aromatic rings. The van der Waals surface area contributed by atoms with Crippen LogP contribution in [0.2, 0.25) is 0 Å². The molecule has 0 aliphatic heterocycles. The van der Waals surface area contributed by atoms with Gasteiger partial charge in [0.25, 0.3) is 0 Å². The van der Waals surface area contributed by atoms with Crippen LogP contribution in [0.15, 0.2) is 61.4 Å². The van der Waals surface area contributed by atoms with E-state index in [1.54, 1.807) is 54.6 Å². The third-order valence-corrected chi connectivity index (χ3v) is 4.05. The van der Waals surface area contributed by atoms with Gasteiger partial charge in [0.2, 0.25) is 0 Å². The van der Waals surface area contributed by atoms with E-state index in [2.05, 4.69) is 15.0 Å². The van der Waals surface area contributed by atoms with Crippen molar-refractivity contribution in [3.05, 3.63) is 78.5 Å². The molecule has 0 spiro atoms. The van der Waals surface area contributed by atoms with Crippen LogP contribution in [0.1, 0.15) is 16.1 Å². The van der Waals surface area contributed by atoms with Crippen LogP contribution in [-0.4, -0.2) is 32.2 Å². The second-order valence-corrected chi connectivity index (χ2v) is 5.98. The minimum absolute atomic E-state index is 0.0208. The van der Waals surface area contributed by atoms with E-state index < -0.39 is 5.82 Å². The fourth-order valence-electron chi connectivity index (χ4n) is 2.74. The zero-order chi connectivity index (χ0) is 19.5. The number of ketones is 1. The van der Waals surface area contributed by atoms with Crippen LogP contribution >= 0.6 is 0 Å². The Balaban J connectivity index is 1.66. The van der Waals surface area contributed by atoms with Crippen molar-refractivity contribution in [3.8, 4) is 17.2 Å². The summed E-state index contributed by atoms with van der Waals surface area (Å²) in [6.45, 7) is 0. The smallest absolute Gasteiger partial charge is 0.172 e. The minimum atomic E-state index is -0.450. The molecule has 4 rings (SSSR count). The summed E-state index contributed by atoms with van der Waals surface area (Å²) in [4.78, 5) is 25.1. The van der Waals surface area contributed by atoms with E-state index >= 15 is 0 Å². The van der Waals surface area contributed by atoms with Gasteiger partial charge in [-0.15, -0.1) is 0 Å². The van der Waals surface area contributed by atoms with E-state index in [1.165, 1.54) is 12.1 Å². The summed E-state index contributed by atoms with van der Waals surface area (Å²) in [5.41, 5.74) is 1.35. The van der Waals surface area contributed by atoms with Crippen LogP contribution in [0, 0.1) is 5.82 Å². The number of aromatic nitrogens is 4. The number of imidazole rings is 1. The molecule has 4 aromatic heterocycles. The van der Waals surface area contributed by atoms with Gasteiger partial charge in [-0.1, -0.05) is 0 Å². The number of carbonyl (C=O) groups is 1. The lowest BCUT2D eigenvalue weighted by Crippen LogP contribution is -2.08.